The number of carbonyl (C=O) groups is 2. The fourth-order valence-electron chi connectivity index (χ4n) is 4.45. The maximum absolute atomic E-state index is 13.4. The number of fused-ring (bicyclic) bond motifs is 1. The van der Waals surface area contributed by atoms with Gasteiger partial charge in [0.25, 0.3) is 17.4 Å². The molecule has 0 aromatic heterocycles. The average Bonchev–Trinajstić information content (AvgIpc) is 3.18. The molecule has 1 amide bonds. The quantitative estimate of drug-likeness (QED) is 0.183. The third-order valence-electron chi connectivity index (χ3n) is 6.33. The largest absolute Gasteiger partial charge is 0.507 e. The van der Waals surface area contributed by atoms with Crippen LogP contribution >= 0.6 is 0 Å². The fraction of sp³-hybridized carbons (Fsp3) is 0.185. The van der Waals surface area contributed by atoms with E-state index in [0.717, 1.165) is 5.69 Å². The van der Waals surface area contributed by atoms with E-state index in [1.807, 2.05) is 31.1 Å². The lowest BCUT2D eigenvalue weighted by molar-refractivity contribution is -0.384. The van der Waals surface area contributed by atoms with Crippen LogP contribution in [0.1, 0.15) is 17.2 Å². The van der Waals surface area contributed by atoms with Gasteiger partial charge in [-0.2, -0.15) is 0 Å². The molecule has 0 radical (unpaired) electrons. The number of ketones is 1. The van der Waals surface area contributed by atoms with Crippen molar-refractivity contribution in [2.45, 2.75) is 6.04 Å². The molecule has 0 aliphatic carbocycles. The van der Waals surface area contributed by atoms with E-state index in [0.29, 0.717) is 36.0 Å². The monoisotopic (exact) mass is 501 g/mol. The molecule has 10 nitrogen and oxygen atoms in total. The Bertz CT molecular complexity index is 1430. The van der Waals surface area contributed by atoms with Crippen LogP contribution in [0.3, 0.4) is 0 Å². The molecule has 5 rings (SSSR count). The van der Waals surface area contributed by atoms with Gasteiger partial charge in [0.1, 0.15) is 19.0 Å². The van der Waals surface area contributed by atoms with Gasteiger partial charge in [0.05, 0.1) is 16.5 Å². The summed E-state index contributed by atoms with van der Waals surface area (Å²) in [6.07, 6.45) is 0. The molecular formula is C27H23N3O7. The Hall–Kier alpha value is -4.86. The summed E-state index contributed by atoms with van der Waals surface area (Å²) in [7, 11) is 3.79. The molecule has 37 heavy (non-hydrogen) atoms. The lowest BCUT2D eigenvalue weighted by Crippen LogP contribution is -2.29. The van der Waals surface area contributed by atoms with Crippen molar-refractivity contribution in [2.75, 3.05) is 37.1 Å². The van der Waals surface area contributed by atoms with Crippen LogP contribution in [-0.2, 0) is 9.59 Å². The number of nitro groups is 1. The van der Waals surface area contributed by atoms with Crippen LogP contribution in [0.15, 0.2) is 72.3 Å². The van der Waals surface area contributed by atoms with Crippen LogP contribution < -0.4 is 19.3 Å². The van der Waals surface area contributed by atoms with E-state index < -0.39 is 28.4 Å². The van der Waals surface area contributed by atoms with E-state index in [2.05, 4.69) is 0 Å². The summed E-state index contributed by atoms with van der Waals surface area (Å²) < 4.78 is 11.3. The summed E-state index contributed by atoms with van der Waals surface area (Å²) in [4.78, 5) is 40.5. The van der Waals surface area contributed by atoms with E-state index in [4.69, 9.17) is 9.47 Å². The zero-order valence-electron chi connectivity index (χ0n) is 20.1. The number of ether oxygens (including phenoxy) is 2. The second-order valence-electron chi connectivity index (χ2n) is 8.79. The molecule has 1 fully saturated rings. The zero-order chi connectivity index (χ0) is 26.3. The molecular weight excluding hydrogens is 478 g/mol. The van der Waals surface area contributed by atoms with E-state index in [9.17, 15) is 24.8 Å². The van der Waals surface area contributed by atoms with Crippen LogP contribution in [0.25, 0.3) is 5.76 Å². The molecule has 1 saturated heterocycles. The average molecular weight is 501 g/mol. The van der Waals surface area contributed by atoms with Crippen molar-refractivity contribution in [1.29, 1.82) is 0 Å². The molecule has 2 aliphatic heterocycles. The molecule has 0 spiro atoms. The van der Waals surface area contributed by atoms with Crippen molar-refractivity contribution >= 4 is 34.5 Å². The van der Waals surface area contributed by atoms with Gasteiger partial charge in [-0.05, 0) is 42.0 Å². The van der Waals surface area contributed by atoms with Gasteiger partial charge in [0, 0.05) is 49.2 Å². The number of nitrogens with zero attached hydrogens (tertiary/aromatic N) is 3. The minimum absolute atomic E-state index is 0.119. The molecule has 10 heteroatoms. The first-order valence-corrected chi connectivity index (χ1v) is 11.5. The Morgan fingerprint density at radius 1 is 0.973 bits per heavy atom. The zero-order valence-corrected chi connectivity index (χ0v) is 20.1. The molecule has 188 valence electrons. The molecule has 2 aliphatic rings. The van der Waals surface area contributed by atoms with Gasteiger partial charge in [-0.25, -0.2) is 0 Å². The number of rotatable bonds is 5. The Morgan fingerprint density at radius 3 is 2.24 bits per heavy atom. The number of hydrogen-bond acceptors (Lipinski definition) is 8. The summed E-state index contributed by atoms with van der Waals surface area (Å²) >= 11 is 0. The highest BCUT2D eigenvalue weighted by atomic mass is 16.6. The number of benzene rings is 3. The van der Waals surface area contributed by atoms with Crippen LogP contribution in [0.2, 0.25) is 0 Å². The van der Waals surface area contributed by atoms with Crippen molar-refractivity contribution in [2.24, 2.45) is 0 Å². The Kier molecular flexibility index (Phi) is 6.00. The van der Waals surface area contributed by atoms with E-state index in [1.54, 1.807) is 30.3 Å². The predicted octanol–water partition coefficient (Wildman–Crippen LogP) is 4.06. The molecule has 2 heterocycles. The highest BCUT2D eigenvalue weighted by Crippen LogP contribution is 2.44. The minimum Gasteiger partial charge on any atom is -0.507 e. The van der Waals surface area contributed by atoms with Crippen molar-refractivity contribution in [3.05, 3.63) is 93.5 Å². The summed E-state index contributed by atoms with van der Waals surface area (Å²) in [5.74, 6) is -1.13. The van der Waals surface area contributed by atoms with Gasteiger partial charge >= 0.3 is 0 Å². The maximum Gasteiger partial charge on any atom is 0.300 e. The standard InChI is InChI=1S/C27H23N3O7/c1-28(2)18-7-3-16(4-8-18)24-23(25(31)17-5-9-19(10-6-17)30(34)35)26(32)27(33)29(24)20-11-12-21-22(15-20)37-14-13-36-21/h3-12,15,24,31H,13-14H2,1-2H3/b25-23+. The van der Waals surface area contributed by atoms with Crippen molar-refractivity contribution in [1.82, 2.24) is 0 Å². The first kappa shape index (κ1) is 23.9. The summed E-state index contributed by atoms with van der Waals surface area (Å²) in [5.41, 5.74) is 1.81. The lowest BCUT2D eigenvalue weighted by atomic mass is 9.94. The third-order valence-corrected chi connectivity index (χ3v) is 6.33. The number of Topliss-reactive ketones (excluding diaryl/α,β-unsaturated/α-hetero) is 1. The van der Waals surface area contributed by atoms with Gasteiger partial charge < -0.3 is 19.5 Å². The van der Waals surface area contributed by atoms with Crippen molar-refractivity contribution in [3.63, 3.8) is 0 Å². The topological polar surface area (TPSA) is 122 Å². The molecule has 3 aromatic rings. The first-order valence-electron chi connectivity index (χ1n) is 11.5. The van der Waals surface area contributed by atoms with E-state index in [-0.39, 0.29) is 16.8 Å². The van der Waals surface area contributed by atoms with Crippen LogP contribution in [0.4, 0.5) is 17.1 Å². The summed E-state index contributed by atoms with van der Waals surface area (Å²) in [5, 5.41) is 22.3. The number of aliphatic hydroxyl groups is 1. The van der Waals surface area contributed by atoms with Crippen LogP contribution in [0, 0.1) is 10.1 Å². The van der Waals surface area contributed by atoms with Gasteiger partial charge in [-0.3, -0.25) is 24.6 Å². The molecule has 0 saturated carbocycles. The highest BCUT2D eigenvalue weighted by molar-refractivity contribution is 6.51. The molecule has 3 aromatic carbocycles. The number of anilines is 2. The van der Waals surface area contributed by atoms with Crippen molar-refractivity contribution < 1.29 is 29.1 Å². The highest BCUT2D eigenvalue weighted by Gasteiger charge is 2.47. The summed E-state index contributed by atoms with van der Waals surface area (Å²) in [6.45, 7) is 0.759. The van der Waals surface area contributed by atoms with Crippen LogP contribution in [-0.4, -0.2) is 49.0 Å². The van der Waals surface area contributed by atoms with Gasteiger partial charge in [0.2, 0.25) is 0 Å². The first-order chi connectivity index (χ1) is 17.8. The Morgan fingerprint density at radius 2 is 1.62 bits per heavy atom. The fourth-order valence-corrected chi connectivity index (χ4v) is 4.45. The normalized spacial score (nSPS) is 18.1. The second-order valence-corrected chi connectivity index (χ2v) is 8.79. The number of aliphatic hydroxyl groups excluding tert-OH is 1. The number of hydrogen-bond donors (Lipinski definition) is 1. The molecule has 1 atom stereocenters. The Balaban J connectivity index is 1.67. The number of carbonyl (C=O) groups excluding carboxylic acids is 2. The number of non-ortho nitro benzene ring substituents is 1. The number of nitro benzene ring substituents is 1. The van der Waals surface area contributed by atoms with Crippen molar-refractivity contribution in [3.8, 4) is 11.5 Å². The smallest absolute Gasteiger partial charge is 0.300 e. The third kappa shape index (κ3) is 4.22. The molecule has 0 bridgehead atoms. The van der Waals surface area contributed by atoms with E-state index in [1.165, 1.54) is 29.2 Å². The molecule has 1 N–H and O–H groups in total. The van der Waals surface area contributed by atoms with Gasteiger partial charge in [-0.1, -0.05) is 12.1 Å². The SMILES string of the molecule is CN(C)c1ccc(C2/C(=C(\O)c3ccc([N+](=O)[O-])cc3)C(=O)C(=O)N2c2ccc3c(c2)OCCO3)cc1. The lowest BCUT2D eigenvalue weighted by Gasteiger charge is -2.27. The predicted molar refractivity (Wildman–Crippen MR) is 136 cm³/mol. The van der Waals surface area contributed by atoms with E-state index >= 15 is 0 Å². The summed E-state index contributed by atoms with van der Waals surface area (Å²) in [6, 6.07) is 16.4. The van der Waals surface area contributed by atoms with Gasteiger partial charge in [-0.15, -0.1) is 0 Å². The van der Waals surface area contributed by atoms with Gasteiger partial charge in [0.15, 0.2) is 11.5 Å². The number of amides is 1. The maximum atomic E-state index is 13.4. The molecule has 1 unspecified atom stereocenters. The Labute approximate surface area is 212 Å². The minimum atomic E-state index is -0.950. The van der Waals surface area contributed by atoms with Crippen LogP contribution in [0.5, 0.6) is 11.5 Å². The second kappa shape index (κ2) is 9.30.